The van der Waals surface area contributed by atoms with Crippen LogP contribution in [0, 0.1) is 0 Å². The summed E-state index contributed by atoms with van der Waals surface area (Å²) >= 11 is 0. The molecule has 3 heterocycles. The Morgan fingerprint density at radius 1 is 1.03 bits per heavy atom. The lowest BCUT2D eigenvalue weighted by Gasteiger charge is -2.35. The average Bonchev–Trinajstić information content (AvgIpc) is 3.52. The van der Waals surface area contributed by atoms with Gasteiger partial charge in [-0.1, -0.05) is 25.0 Å². The minimum absolute atomic E-state index is 0.0195. The number of cyclic esters (lactones) is 1. The molecular weight excluding hydrogens is 490 g/mol. The van der Waals surface area contributed by atoms with E-state index in [4.69, 9.17) is 4.74 Å². The van der Waals surface area contributed by atoms with E-state index in [1.165, 1.54) is 0 Å². The molecule has 5 atom stereocenters. The van der Waals surface area contributed by atoms with Crippen molar-refractivity contribution < 1.29 is 28.7 Å². The maximum atomic E-state index is 13.5. The summed E-state index contributed by atoms with van der Waals surface area (Å²) in [6.07, 6.45) is 4.92. The molecule has 0 aliphatic carbocycles. The molecule has 3 aliphatic rings. The number of benzene rings is 1. The van der Waals surface area contributed by atoms with Crippen LogP contribution in [-0.4, -0.2) is 78.4 Å². The second-order valence-electron chi connectivity index (χ2n) is 10.2. The van der Waals surface area contributed by atoms with Crippen molar-refractivity contribution >= 4 is 29.6 Å². The Hall–Kier alpha value is -3.47. The van der Waals surface area contributed by atoms with Gasteiger partial charge in [-0.05, 0) is 57.4 Å². The third-order valence-electron chi connectivity index (χ3n) is 7.68. The third-order valence-corrected chi connectivity index (χ3v) is 7.68. The first kappa shape index (κ1) is 27.6. The monoisotopic (exact) mass is 527 g/mol. The van der Waals surface area contributed by atoms with Crippen LogP contribution in [0.3, 0.4) is 0 Å². The average molecular weight is 528 g/mol. The lowest BCUT2D eigenvalue weighted by molar-refractivity contribution is -0.144. The van der Waals surface area contributed by atoms with Gasteiger partial charge in [0.25, 0.3) is 5.91 Å². The molecule has 38 heavy (non-hydrogen) atoms. The van der Waals surface area contributed by atoms with Crippen molar-refractivity contribution in [3.05, 3.63) is 35.4 Å². The number of ether oxygens (including phenoxy) is 1. The summed E-state index contributed by atoms with van der Waals surface area (Å²) in [5.41, 5.74) is 1.10. The van der Waals surface area contributed by atoms with E-state index in [1.807, 2.05) is 0 Å². The molecule has 11 nitrogen and oxygen atoms in total. The number of fused-ring (bicyclic) bond motifs is 1. The van der Waals surface area contributed by atoms with Gasteiger partial charge in [0.05, 0.1) is 12.6 Å². The Bertz CT molecular complexity index is 1080. The van der Waals surface area contributed by atoms with Crippen molar-refractivity contribution in [1.29, 1.82) is 0 Å². The minimum Gasteiger partial charge on any atom is -0.464 e. The zero-order chi connectivity index (χ0) is 27.2. The molecule has 0 saturated carbocycles. The summed E-state index contributed by atoms with van der Waals surface area (Å²) in [7, 11) is 1.69. The number of carbonyl (C=O) groups excluding carboxylic acids is 5. The van der Waals surface area contributed by atoms with Crippen LogP contribution in [0.2, 0.25) is 0 Å². The first-order chi connectivity index (χ1) is 18.3. The van der Waals surface area contributed by atoms with Crippen molar-refractivity contribution in [3.63, 3.8) is 0 Å². The smallest absolute Gasteiger partial charge is 0.328 e. The van der Waals surface area contributed by atoms with Crippen LogP contribution in [0.25, 0.3) is 0 Å². The number of likely N-dealkylation sites (N-methyl/N-ethyl adjacent to an activating group) is 1. The Labute approximate surface area is 222 Å². The summed E-state index contributed by atoms with van der Waals surface area (Å²) in [5, 5.41) is 11.4. The van der Waals surface area contributed by atoms with Crippen LogP contribution in [0.5, 0.6) is 0 Å². The first-order valence-electron chi connectivity index (χ1n) is 13.4. The first-order valence-corrected chi connectivity index (χ1v) is 13.4. The number of hydrogen-bond acceptors (Lipinski definition) is 7. The van der Waals surface area contributed by atoms with Gasteiger partial charge >= 0.3 is 5.97 Å². The van der Waals surface area contributed by atoms with Crippen molar-refractivity contribution in [3.8, 4) is 0 Å². The fourth-order valence-corrected chi connectivity index (χ4v) is 5.35. The van der Waals surface area contributed by atoms with Crippen LogP contribution >= 0.6 is 0 Å². The third kappa shape index (κ3) is 6.32. The quantitative estimate of drug-likeness (QED) is 0.358. The maximum absolute atomic E-state index is 13.5. The number of amides is 4. The van der Waals surface area contributed by atoms with E-state index in [0.717, 1.165) is 31.2 Å². The van der Waals surface area contributed by atoms with Gasteiger partial charge in [0.1, 0.15) is 18.1 Å². The molecule has 0 aromatic heterocycles. The second kappa shape index (κ2) is 12.4. The highest BCUT2D eigenvalue weighted by molar-refractivity contribution is 5.97. The van der Waals surface area contributed by atoms with E-state index in [1.54, 1.807) is 43.1 Å². The van der Waals surface area contributed by atoms with Crippen LogP contribution in [0.4, 0.5) is 0 Å². The zero-order valence-electron chi connectivity index (χ0n) is 22.0. The van der Waals surface area contributed by atoms with Crippen molar-refractivity contribution in [2.24, 2.45) is 0 Å². The lowest BCUT2D eigenvalue weighted by Crippen LogP contribution is -2.57. The van der Waals surface area contributed by atoms with Crippen molar-refractivity contribution in [2.45, 2.75) is 88.6 Å². The van der Waals surface area contributed by atoms with Crippen molar-refractivity contribution in [2.75, 3.05) is 13.7 Å². The summed E-state index contributed by atoms with van der Waals surface area (Å²) in [5.74, 6) is -1.51. The summed E-state index contributed by atoms with van der Waals surface area (Å²) in [6.45, 7) is 2.22. The molecule has 0 spiro atoms. The highest BCUT2D eigenvalue weighted by Crippen LogP contribution is 2.31. The van der Waals surface area contributed by atoms with E-state index in [-0.39, 0.29) is 36.2 Å². The summed E-state index contributed by atoms with van der Waals surface area (Å²) in [6, 6.07) is 4.48. The standard InChI is InChI=1S/C27H37N5O6/c1-16(28-2)23(33)30-20-9-4-3-8-19-10-11-22(32(19)26(20)36)25(35)29-15-17-6-5-7-18(14-17)24(34)31-21-12-13-38-27(21)37/h5-7,14,16,19-22,28H,3-4,8-13,15H2,1-2H3,(H,29,35)(H,30,33)(H,31,34)/t16?,19-,20-,21?,22-/m0/s1. The van der Waals surface area contributed by atoms with E-state index < -0.39 is 30.1 Å². The number of nitrogens with one attached hydrogen (secondary N) is 4. The molecule has 1 aromatic carbocycles. The largest absolute Gasteiger partial charge is 0.464 e. The zero-order valence-corrected chi connectivity index (χ0v) is 22.0. The Morgan fingerprint density at radius 3 is 2.55 bits per heavy atom. The van der Waals surface area contributed by atoms with E-state index in [9.17, 15) is 24.0 Å². The molecular formula is C27H37N5O6. The molecule has 3 aliphatic heterocycles. The molecule has 206 valence electrons. The molecule has 3 fully saturated rings. The van der Waals surface area contributed by atoms with Crippen LogP contribution < -0.4 is 21.3 Å². The number of rotatable bonds is 8. The van der Waals surface area contributed by atoms with Gasteiger partial charge in [-0.2, -0.15) is 0 Å². The number of nitrogens with zero attached hydrogens (tertiary/aromatic N) is 1. The predicted octanol–water partition coefficient (Wildman–Crippen LogP) is 0.374. The molecule has 4 amide bonds. The fraction of sp³-hybridized carbons (Fsp3) is 0.593. The number of esters is 1. The van der Waals surface area contributed by atoms with Gasteiger partial charge in [-0.3, -0.25) is 19.2 Å². The van der Waals surface area contributed by atoms with Gasteiger partial charge in [0, 0.05) is 24.6 Å². The van der Waals surface area contributed by atoms with Crippen LogP contribution in [0.15, 0.2) is 24.3 Å². The number of carbonyl (C=O) groups is 5. The Kier molecular flexibility index (Phi) is 8.98. The van der Waals surface area contributed by atoms with E-state index in [0.29, 0.717) is 31.4 Å². The molecule has 3 saturated heterocycles. The topological polar surface area (TPSA) is 146 Å². The molecule has 11 heteroatoms. The molecule has 1 aromatic rings. The summed E-state index contributed by atoms with van der Waals surface area (Å²) < 4.78 is 4.89. The van der Waals surface area contributed by atoms with Gasteiger partial charge in [-0.25, -0.2) is 4.79 Å². The lowest BCUT2D eigenvalue weighted by atomic mass is 9.98. The summed E-state index contributed by atoms with van der Waals surface area (Å²) in [4.78, 5) is 65.2. The molecule has 4 rings (SSSR count). The second-order valence-corrected chi connectivity index (χ2v) is 10.2. The maximum Gasteiger partial charge on any atom is 0.328 e. The van der Waals surface area contributed by atoms with Gasteiger partial charge in [-0.15, -0.1) is 0 Å². The molecule has 4 N–H and O–H groups in total. The Balaban J connectivity index is 1.38. The minimum atomic E-state index is -0.651. The van der Waals surface area contributed by atoms with Gasteiger partial charge in [0.15, 0.2) is 0 Å². The molecule has 2 unspecified atom stereocenters. The predicted molar refractivity (Wildman–Crippen MR) is 138 cm³/mol. The van der Waals surface area contributed by atoms with Crippen LogP contribution in [0.1, 0.15) is 67.8 Å². The molecule has 0 bridgehead atoms. The Morgan fingerprint density at radius 2 is 1.82 bits per heavy atom. The van der Waals surface area contributed by atoms with E-state index in [2.05, 4.69) is 21.3 Å². The van der Waals surface area contributed by atoms with Crippen LogP contribution in [-0.2, 0) is 30.5 Å². The van der Waals surface area contributed by atoms with Gasteiger partial charge < -0.3 is 30.9 Å². The molecule has 0 radical (unpaired) electrons. The normalized spacial score (nSPS) is 26.0. The highest BCUT2D eigenvalue weighted by atomic mass is 16.5. The number of hydrogen-bond donors (Lipinski definition) is 4. The SMILES string of the molecule is CNC(C)C(=O)N[C@H]1CCCC[C@H]2CC[C@@H](C(=O)NCc3cccc(C(=O)NC4CCOC4=O)c3)N2C1=O. The fourth-order valence-electron chi connectivity index (χ4n) is 5.35. The highest BCUT2D eigenvalue weighted by Gasteiger charge is 2.43. The van der Waals surface area contributed by atoms with E-state index >= 15 is 0 Å². The van der Waals surface area contributed by atoms with Crippen molar-refractivity contribution in [1.82, 2.24) is 26.2 Å². The van der Waals surface area contributed by atoms with Gasteiger partial charge in [0.2, 0.25) is 17.7 Å².